The summed E-state index contributed by atoms with van der Waals surface area (Å²) in [5.41, 5.74) is 0. The molecule has 0 aromatic carbocycles. The molecule has 2 atom stereocenters. The first-order chi connectivity index (χ1) is 8.62. The summed E-state index contributed by atoms with van der Waals surface area (Å²) in [5, 5.41) is 0. The standard InChI is InChI=1S/C16H30OSi/c1-7-13-15(8-2)16(9-3)14-17-18(10-4,11-5)12-6/h7-9,15-16H,1-3,10-14H2,4-6H3/t15-,16-/m1/s1. The quantitative estimate of drug-likeness (QED) is 0.369. The predicted octanol–water partition coefficient (Wildman–Crippen LogP) is 5.19. The molecule has 0 saturated carbocycles. The minimum Gasteiger partial charge on any atom is -0.416 e. The lowest BCUT2D eigenvalue weighted by molar-refractivity contribution is 0.233. The maximum Gasteiger partial charge on any atom is 0.192 e. The van der Waals surface area contributed by atoms with Gasteiger partial charge in [0.05, 0.1) is 0 Å². The molecule has 2 heteroatoms. The second-order valence-corrected chi connectivity index (χ2v) is 9.65. The second-order valence-electron chi connectivity index (χ2n) is 4.88. The predicted molar refractivity (Wildman–Crippen MR) is 85.3 cm³/mol. The Kier molecular flexibility index (Phi) is 9.03. The molecule has 0 aliphatic carbocycles. The van der Waals surface area contributed by atoms with Crippen molar-refractivity contribution in [2.45, 2.75) is 45.3 Å². The van der Waals surface area contributed by atoms with Gasteiger partial charge in [0.2, 0.25) is 0 Å². The van der Waals surface area contributed by atoms with Crippen LogP contribution in [0.3, 0.4) is 0 Å². The summed E-state index contributed by atoms with van der Waals surface area (Å²) in [4.78, 5) is 0. The molecule has 0 radical (unpaired) electrons. The first kappa shape index (κ1) is 17.4. The van der Waals surface area contributed by atoms with Gasteiger partial charge in [-0.05, 0) is 30.5 Å². The number of hydrogen-bond donors (Lipinski definition) is 0. The van der Waals surface area contributed by atoms with Crippen LogP contribution in [0, 0.1) is 11.8 Å². The van der Waals surface area contributed by atoms with Crippen molar-refractivity contribution < 1.29 is 4.43 Å². The molecule has 0 saturated heterocycles. The summed E-state index contributed by atoms with van der Waals surface area (Å²) in [5.74, 6) is 0.759. The van der Waals surface area contributed by atoms with Gasteiger partial charge in [-0.25, -0.2) is 0 Å². The van der Waals surface area contributed by atoms with Gasteiger partial charge in [0, 0.05) is 12.5 Å². The van der Waals surface area contributed by atoms with E-state index in [1.165, 1.54) is 18.1 Å². The van der Waals surface area contributed by atoms with E-state index in [-0.39, 0.29) is 0 Å². The van der Waals surface area contributed by atoms with Crippen molar-refractivity contribution >= 4 is 8.32 Å². The Hall–Kier alpha value is -0.603. The van der Waals surface area contributed by atoms with E-state index in [0.29, 0.717) is 11.8 Å². The highest BCUT2D eigenvalue weighted by molar-refractivity contribution is 6.73. The molecule has 1 nitrogen and oxygen atoms in total. The van der Waals surface area contributed by atoms with Crippen molar-refractivity contribution in [3.63, 3.8) is 0 Å². The Bertz CT molecular complexity index is 248. The first-order valence-corrected chi connectivity index (χ1v) is 9.65. The molecule has 0 amide bonds. The van der Waals surface area contributed by atoms with Crippen LogP contribution >= 0.6 is 0 Å². The van der Waals surface area contributed by atoms with E-state index in [1.54, 1.807) is 0 Å². The summed E-state index contributed by atoms with van der Waals surface area (Å²) >= 11 is 0. The molecule has 0 aliphatic rings. The highest BCUT2D eigenvalue weighted by atomic mass is 28.4. The average Bonchev–Trinajstić information content (AvgIpc) is 2.43. The van der Waals surface area contributed by atoms with Crippen LogP contribution in [0.25, 0.3) is 0 Å². The molecule has 0 unspecified atom stereocenters. The zero-order chi connectivity index (χ0) is 14.0. The van der Waals surface area contributed by atoms with Crippen LogP contribution < -0.4 is 0 Å². The van der Waals surface area contributed by atoms with Crippen LogP contribution in [0.2, 0.25) is 18.1 Å². The van der Waals surface area contributed by atoms with E-state index >= 15 is 0 Å². The van der Waals surface area contributed by atoms with Crippen LogP contribution in [0.15, 0.2) is 38.0 Å². The lowest BCUT2D eigenvalue weighted by Crippen LogP contribution is -2.38. The van der Waals surface area contributed by atoms with E-state index in [9.17, 15) is 0 Å². The van der Waals surface area contributed by atoms with Crippen molar-refractivity contribution in [1.29, 1.82) is 0 Å². The Morgan fingerprint density at radius 3 is 1.78 bits per heavy atom. The maximum atomic E-state index is 6.34. The molecular weight excluding hydrogens is 236 g/mol. The molecule has 0 aliphatic heterocycles. The zero-order valence-corrected chi connectivity index (χ0v) is 13.5. The summed E-state index contributed by atoms with van der Waals surface area (Å²) < 4.78 is 6.34. The van der Waals surface area contributed by atoms with Crippen LogP contribution in [0.1, 0.15) is 27.2 Å². The van der Waals surface area contributed by atoms with Crippen LogP contribution in [0.5, 0.6) is 0 Å². The first-order valence-electron chi connectivity index (χ1n) is 7.12. The van der Waals surface area contributed by atoms with E-state index in [1.807, 2.05) is 18.2 Å². The SMILES string of the molecule is C=CC[C@@H](C=C)[C@H](C=C)CO[Si](CC)(CC)CC. The van der Waals surface area contributed by atoms with Gasteiger partial charge >= 0.3 is 0 Å². The topological polar surface area (TPSA) is 9.23 Å². The Labute approximate surface area is 115 Å². The van der Waals surface area contributed by atoms with Crippen molar-refractivity contribution in [2.24, 2.45) is 11.8 Å². The normalized spacial score (nSPS) is 14.8. The van der Waals surface area contributed by atoms with E-state index in [4.69, 9.17) is 4.43 Å². The molecule has 0 aromatic heterocycles. The van der Waals surface area contributed by atoms with E-state index in [0.717, 1.165) is 13.0 Å². The monoisotopic (exact) mass is 266 g/mol. The molecule has 0 spiro atoms. The fourth-order valence-corrected chi connectivity index (χ4v) is 4.99. The van der Waals surface area contributed by atoms with Gasteiger partial charge in [0.15, 0.2) is 8.32 Å². The smallest absolute Gasteiger partial charge is 0.192 e. The molecule has 0 N–H and O–H groups in total. The minimum atomic E-state index is -1.49. The minimum absolute atomic E-state index is 0.358. The van der Waals surface area contributed by atoms with Gasteiger partial charge in [-0.3, -0.25) is 0 Å². The van der Waals surface area contributed by atoms with Crippen LogP contribution in [-0.4, -0.2) is 14.9 Å². The lowest BCUT2D eigenvalue weighted by atomic mass is 9.90. The third-order valence-corrected chi connectivity index (χ3v) is 8.75. The maximum absolute atomic E-state index is 6.34. The van der Waals surface area contributed by atoms with Gasteiger partial charge in [0.25, 0.3) is 0 Å². The average molecular weight is 267 g/mol. The number of rotatable bonds is 11. The fraction of sp³-hybridized carbons (Fsp3) is 0.625. The highest BCUT2D eigenvalue weighted by Gasteiger charge is 2.30. The molecule has 18 heavy (non-hydrogen) atoms. The van der Waals surface area contributed by atoms with Gasteiger partial charge < -0.3 is 4.43 Å². The molecule has 0 bridgehead atoms. The summed E-state index contributed by atoms with van der Waals surface area (Å²) in [7, 11) is -1.49. The summed E-state index contributed by atoms with van der Waals surface area (Å²) in [6.07, 6.45) is 6.91. The Balaban J connectivity index is 4.57. The Morgan fingerprint density at radius 2 is 1.44 bits per heavy atom. The van der Waals surface area contributed by atoms with Crippen LogP contribution in [0.4, 0.5) is 0 Å². The number of hydrogen-bond acceptors (Lipinski definition) is 1. The Morgan fingerprint density at radius 1 is 0.944 bits per heavy atom. The zero-order valence-electron chi connectivity index (χ0n) is 12.5. The molecule has 0 aromatic rings. The van der Waals surface area contributed by atoms with Crippen molar-refractivity contribution in [2.75, 3.05) is 6.61 Å². The molecule has 104 valence electrons. The third kappa shape index (κ3) is 4.95. The molecular formula is C16H30OSi. The van der Waals surface area contributed by atoms with Gasteiger partial charge in [0.1, 0.15) is 0 Å². The van der Waals surface area contributed by atoms with Crippen molar-refractivity contribution in [3.05, 3.63) is 38.0 Å². The summed E-state index contributed by atoms with van der Waals surface area (Å²) in [6.45, 7) is 19.2. The number of allylic oxidation sites excluding steroid dienone is 2. The van der Waals surface area contributed by atoms with Crippen molar-refractivity contribution in [3.8, 4) is 0 Å². The fourth-order valence-electron chi connectivity index (χ4n) is 2.33. The van der Waals surface area contributed by atoms with Crippen molar-refractivity contribution in [1.82, 2.24) is 0 Å². The molecule has 0 rings (SSSR count). The van der Waals surface area contributed by atoms with Gasteiger partial charge in [-0.1, -0.05) is 39.0 Å². The third-order valence-electron chi connectivity index (χ3n) is 4.11. The molecule has 0 fully saturated rings. The largest absolute Gasteiger partial charge is 0.416 e. The van der Waals surface area contributed by atoms with Gasteiger partial charge in [-0.15, -0.1) is 19.7 Å². The summed E-state index contributed by atoms with van der Waals surface area (Å²) in [6, 6.07) is 3.60. The van der Waals surface area contributed by atoms with E-state index < -0.39 is 8.32 Å². The van der Waals surface area contributed by atoms with Crippen LogP contribution in [-0.2, 0) is 4.43 Å². The molecule has 0 heterocycles. The highest BCUT2D eigenvalue weighted by Crippen LogP contribution is 2.26. The second kappa shape index (κ2) is 9.34. The van der Waals surface area contributed by atoms with Gasteiger partial charge in [-0.2, -0.15) is 0 Å². The lowest BCUT2D eigenvalue weighted by Gasteiger charge is -2.31. The van der Waals surface area contributed by atoms with E-state index in [2.05, 4.69) is 40.5 Å².